The third-order valence-corrected chi connectivity index (χ3v) is 6.17. The third-order valence-electron chi connectivity index (χ3n) is 4.73. The number of thiophene rings is 1. The summed E-state index contributed by atoms with van der Waals surface area (Å²) in [6, 6.07) is 4.27. The van der Waals surface area contributed by atoms with Crippen molar-refractivity contribution in [2.45, 2.75) is 85.5 Å². The van der Waals surface area contributed by atoms with Crippen LogP contribution in [0.15, 0.2) is 18.7 Å². The van der Waals surface area contributed by atoms with Crippen LogP contribution in [0.4, 0.5) is 0 Å². The molecule has 1 unspecified atom stereocenters. The summed E-state index contributed by atoms with van der Waals surface area (Å²) in [4.78, 5) is 16.5. The Kier molecular flexibility index (Phi) is 10.1. The molecule has 0 N–H and O–H groups in total. The van der Waals surface area contributed by atoms with Crippen LogP contribution in [0.1, 0.15) is 95.2 Å². The summed E-state index contributed by atoms with van der Waals surface area (Å²) in [5.74, 6) is 1.12. The molecule has 1 heterocycles. The maximum atomic E-state index is 12.2. The predicted octanol–water partition coefficient (Wildman–Crippen LogP) is 7.08. The van der Waals surface area contributed by atoms with E-state index in [0.717, 1.165) is 17.1 Å². The average Bonchev–Trinajstić information content (AvgIpc) is 3.05. The minimum atomic E-state index is 0.0966. The lowest BCUT2D eigenvalue weighted by atomic mass is 10.0. The van der Waals surface area contributed by atoms with Gasteiger partial charge in [0.2, 0.25) is 5.91 Å². The van der Waals surface area contributed by atoms with E-state index in [1.807, 2.05) is 4.90 Å². The maximum absolute atomic E-state index is 12.2. The maximum Gasteiger partial charge on any atom is 0.223 e. The molecule has 0 saturated heterocycles. The van der Waals surface area contributed by atoms with Gasteiger partial charge in [0.15, 0.2) is 0 Å². The summed E-state index contributed by atoms with van der Waals surface area (Å²) < 4.78 is 0. The van der Waals surface area contributed by atoms with Gasteiger partial charge in [-0.25, -0.2) is 0 Å². The topological polar surface area (TPSA) is 20.3 Å². The van der Waals surface area contributed by atoms with Gasteiger partial charge in [0.25, 0.3) is 0 Å². The molecule has 0 spiro atoms. The van der Waals surface area contributed by atoms with Crippen LogP contribution in [0.3, 0.4) is 0 Å². The summed E-state index contributed by atoms with van der Waals surface area (Å²) in [6.07, 6.45) is 9.12. The van der Waals surface area contributed by atoms with Crippen LogP contribution in [-0.2, 0) is 4.79 Å². The Bertz CT molecular complexity index is 532. The Morgan fingerprint density at radius 2 is 1.76 bits per heavy atom. The van der Waals surface area contributed by atoms with Gasteiger partial charge in [-0.15, -0.1) is 11.3 Å². The minimum absolute atomic E-state index is 0.0966. The van der Waals surface area contributed by atoms with Crippen LogP contribution in [0.5, 0.6) is 0 Å². The molecule has 0 aliphatic rings. The summed E-state index contributed by atoms with van der Waals surface area (Å²) in [6.45, 7) is 15.5. The van der Waals surface area contributed by atoms with Gasteiger partial charge < -0.3 is 4.90 Å². The number of unbranched alkanes of at least 4 members (excludes halogenated alkanes) is 5. The molecule has 3 heteroatoms. The van der Waals surface area contributed by atoms with Crippen LogP contribution in [-0.4, -0.2) is 17.4 Å². The molecule has 0 bridgehead atoms. The Morgan fingerprint density at radius 3 is 2.32 bits per heavy atom. The first kappa shape index (κ1) is 22.0. The zero-order valence-electron chi connectivity index (χ0n) is 16.9. The zero-order valence-corrected chi connectivity index (χ0v) is 17.8. The fraction of sp³-hybridized carbons (Fsp3) is 0.682. The first-order valence-corrected chi connectivity index (χ1v) is 10.8. The quantitative estimate of drug-likeness (QED) is 0.363. The van der Waals surface area contributed by atoms with Crippen LogP contribution in [0, 0.1) is 5.92 Å². The Balaban J connectivity index is 2.52. The first-order valence-electron chi connectivity index (χ1n) is 9.93. The molecule has 1 aromatic heterocycles. The van der Waals surface area contributed by atoms with Crippen LogP contribution < -0.4 is 0 Å². The number of carbonyl (C=O) groups is 1. The lowest BCUT2D eigenvalue weighted by Crippen LogP contribution is -2.31. The van der Waals surface area contributed by atoms with Crippen LogP contribution in [0.25, 0.3) is 5.70 Å². The van der Waals surface area contributed by atoms with Crippen molar-refractivity contribution >= 4 is 22.9 Å². The van der Waals surface area contributed by atoms with Gasteiger partial charge in [-0.3, -0.25) is 4.79 Å². The largest absolute Gasteiger partial charge is 0.312 e. The van der Waals surface area contributed by atoms with Crippen LogP contribution >= 0.6 is 11.3 Å². The molecule has 0 aliphatic carbocycles. The molecule has 0 saturated carbocycles. The monoisotopic (exact) mass is 363 g/mol. The van der Waals surface area contributed by atoms with Crippen molar-refractivity contribution in [2.24, 2.45) is 5.92 Å². The van der Waals surface area contributed by atoms with E-state index >= 15 is 0 Å². The molecular formula is C22H37NOS. The zero-order chi connectivity index (χ0) is 18.8. The van der Waals surface area contributed by atoms with E-state index in [9.17, 15) is 4.79 Å². The van der Waals surface area contributed by atoms with Crippen molar-refractivity contribution in [1.29, 1.82) is 0 Å². The van der Waals surface area contributed by atoms with Gasteiger partial charge in [0.05, 0.1) is 10.6 Å². The van der Waals surface area contributed by atoms with Gasteiger partial charge in [-0.1, -0.05) is 72.8 Å². The molecule has 0 fully saturated rings. The highest BCUT2D eigenvalue weighted by Crippen LogP contribution is 2.30. The van der Waals surface area contributed by atoms with Gasteiger partial charge in [0, 0.05) is 18.3 Å². The van der Waals surface area contributed by atoms with Crippen molar-refractivity contribution in [3.63, 3.8) is 0 Å². The molecule has 1 amide bonds. The lowest BCUT2D eigenvalue weighted by molar-refractivity contribution is -0.126. The van der Waals surface area contributed by atoms with E-state index in [4.69, 9.17) is 0 Å². The first-order chi connectivity index (χ1) is 11.9. The highest BCUT2D eigenvalue weighted by atomic mass is 32.1. The van der Waals surface area contributed by atoms with Crippen molar-refractivity contribution < 1.29 is 4.79 Å². The normalized spacial score (nSPS) is 12.4. The molecular weight excluding hydrogens is 326 g/mol. The molecule has 1 atom stereocenters. The van der Waals surface area contributed by atoms with E-state index in [0.29, 0.717) is 11.8 Å². The smallest absolute Gasteiger partial charge is 0.223 e. The van der Waals surface area contributed by atoms with Crippen LogP contribution in [0.2, 0.25) is 0 Å². The van der Waals surface area contributed by atoms with Gasteiger partial charge in [0.1, 0.15) is 0 Å². The number of rotatable bonds is 12. The van der Waals surface area contributed by atoms with Crippen molar-refractivity contribution in [2.75, 3.05) is 6.54 Å². The molecule has 25 heavy (non-hydrogen) atoms. The Morgan fingerprint density at radius 1 is 1.12 bits per heavy atom. The summed E-state index contributed by atoms with van der Waals surface area (Å²) >= 11 is 1.76. The number of amides is 1. The van der Waals surface area contributed by atoms with Crippen molar-refractivity contribution in [1.82, 2.24) is 4.90 Å². The molecule has 142 valence electrons. The number of carbonyl (C=O) groups excluding carboxylic acids is 1. The SMILES string of the molecule is C=C(c1ccc(C(C)C)s1)N(CC(C)CCCCCCCC)C(C)=O. The number of hydrogen-bond acceptors (Lipinski definition) is 2. The van der Waals surface area contributed by atoms with Gasteiger partial charge in [-0.2, -0.15) is 0 Å². The third kappa shape index (κ3) is 7.77. The molecule has 1 rings (SSSR count). The fourth-order valence-electron chi connectivity index (χ4n) is 3.06. The van der Waals surface area contributed by atoms with E-state index in [1.165, 1.54) is 49.8 Å². The molecule has 0 radical (unpaired) electrons. The van der Waals surface area contributed by atoms with E-state index in [2.05, 4.69) is 46.4 Å². The van der Waals surface area contributed by atoms with E-state index in [1.54, 1.807) is 18.3 Å². The second kappa shape index (κ2) is 11.5. The predicted molar refractivity (Wildman–Crippen MR) is 112 cm³/mol. The fourth-order valence-corrected chi connectivity index (χ4v) is 4.05. The highest BCUT2D eigenvalue weighted by molar-refractivity contribution is 7.13. The highest BCUT2D eigenvalue weighted by Gasteiger charge is 2.19. The molecule has 0 aromatic carbocycles. The summed E-state index contributed by atoms with van der Waals surface area (Å²) in [5.41, 5.74) is 0.860. The lowest BCUT2D eigenvalue weighted by Gasteiger charge is -2.26. The second-order valence-corrected chi connectivity index (χ2v) is 8.71. The Labute approximate surface area is 159 Å². The molecule has 0 aliphatic heterocycles. The molecule has 1 aromatic rings. The summed E-state index contributed by atoms with van der Waals surface area (Å²) in [7, 11) is 0. The van der Waals surface area contributed by atoms with E-state index in [-0.39, 0.29) is 5.91 Å². The van der Waals surface area contributed by atoms with Crippen molar-refractivity contribution in [3.05, 3.63) is 28.5 Å². The van der Waals surface area contributed by atoms with Crippen molar-refractivity contribution in [3.8, 4) is 0 Å². The van der Waals surface area contributed by atoms with Gasteiger partial charge in [-0.05, 0) is 30.4 Å². The standard InChI is InChI=1S/C22H37NOS/c1-7-8-9-10-11-12-13-18(4)16-23(20(6)24)19(5)22-15-14-21(25-22)17(2)3/h14-15,17-18H,5,7-13,16H2,1-4,6H3. The summed E-state index contributed by atoms with van der Waals surface area (Å²) in [5, 5.41) is 0. The van der Waals surface area contributed by atoms with E-state index < -0.39 is 0 Å². The second-order valence-electron chi connectivity index (χ2n) is 7.59. The Hall–Kier alpha value is -1.09. The minimum Gasteiger partial charge on any atom is -0.312 e. The number of hydrogen-bond donors (Lipinski definition) is 0. The molecule has 2 nitrogen and oxygen atoms in total. The average molecular weight is 364 g/mol. The van der Waals surface area contributed by atoms with Gasteiger partial charge >= 0.3 is 0 Å². The number of nitrogens with zero attached hydrogens (tertiary/aromatic N) is 1.